The monoisotopic (exact) mass is 441 g/mol. The molecule has 3 aromatic rings. The fraction of sp³-hybridized carbons (Fsp3) is 0.269. The summed E-state index contributed by atoms with van der Waals surface area (Å²) in [5, 5.41) is 18.6. The van der Waals surface area contributed by atoms with E-state index in [-0.39, 0.29) is 29.3 Å². The average molecular weight is 442 g/mol. The molecule has 2 N–H and O–H groups in total. The van der Waals surface area contributed by atoms with Crippen LogP contribution in [0.5, 0.6) is 5.75 Å². The molecular weight excluding hydrogens is 412 g/mol. The minimum atomic E-state index is -0.462. The molecular formula is C26H29F2NO3. The Hall–Kier alpha value is -3.25. The lowest BCUT2D eigenvalue weighted by Gasteiger charge is -2.40. The number of β-lactam (4-membered cyclic amide) rings is 1. The Morgan fingerprint density at radius 1 is 0.906 bits per heavy atom. The van der Waals surface area contributed by atoms with Gasteiger partial charge in [0, 0.05) is 5.69 Å². The summed E-state index contributed by atoms with van der Waals surface area (Å²) in [6, 6.07) is 18.5. The predicted octanol–water partition coefficient (Wildman–Crippen LogP) is 6.30. The molecule has 0 aliphatic carbocycles. The SMILES string of the molecule is CC.CCC(O)c1ccc(F)cc1.O=C1CC(c2ccc(O)cc2)N1c1ccc(F)cc1. The third-order valence-electron chi connectivity index (χ3n) is 4.97. The highest BCUT2D eigenvalue weighted by Crippen LogP contribution is 2.39. The second kappa shape index (κ2) is 12.0. The summed E-state index contributed by atoms with van der Waals surface area (Å²) in [6.07, 6.45) is 0.629. The van der Waals surface area contributed by atoms with Gasteiger partial charge in [0.2, 0.25) is 5.91 Å². The van der Waals surface area contributed by atoms with Crippen molar-refractivity contribution >= 4 is 11.6 Å². The minimum Gasteiger partial charge on any atom is -0.508 e. The maximum absolute atomic E-state index is 12.9. The molecule has 0 radical (unpaired) electrons. The zero-order valence-electron chi connectivity index (χ0n) is 18.5. The van der Waals surface area contributed by atoms with Gasteiger partial charge in [-0.25, -0.2) is 8.78 Å². The number of halogens is 2. The number of carbonyl (C=O) groups is 1. The molecule has 1 saturated heterocycles. The summed E-state index contributed by atoms with van der Waals surface area (Å²) in [5.41, 5.74) is 2.42. The van der Waals surface area contributed by atoms with Gasteiger partial charge in [-0.05, 0) is 66.1 Å². The van der Waals surface area contributed by atoms with E-state index in [1.807, 2.05) is 20.8 Å². The molecule has 170 valence electrons. The van der Waals surface area contributed by atoms with Crippen LogP contribution in [-0.2, 0) is 4.79 Å². The van der Waals surface area contributed by atoms with Crippen molar-refractivity contribution in [3.8, 4) is 5.75 Å². The first-order chi connectivity index (χ1) is 15.4. The predicted molar refractivity (Wildman–Crippen MR) is 122 cm³/mol. The number of aliphatic hydroxyl groups excluding tert-OH is 1. The van der Waals surface area contributed by atoms with Crippen molar-refractivity contribution < 1.29 is 23.8 Å². The number of hydrogen-bond acceptors (Lipinski definition) is 3. The molecule has 1 amide bonds. The van der Waals surface area contributed by atoms with E-state index in [0.29, 0.717) is 18.5 Å². The summed E-state index contributed by atoms with van der Waals surface area (Å²) in [4.78, 5) is 13.4. The summed E-state index contributed by atoms with van der Waals surface area (Å²) >= 11 is 0. The number of carbonyl (C=O) groups excluding carboxylic acids is 1. The molecule has 1 fully saturated rings. The minimum absolute atomic E-state index is 0.0182. The largest absolute Gasteiger partial charge is 0.508 e. The van der Waals surface area contributed by atoms with Gasteiger partial charge < -0.3 is 15.1 Å². The van der Waals surface area contributed by atoms with E-state index in [9.17, 15) is 23.8 Å². The van der Waals surface area contributed by atoms with E-state index in [4.69, 9.17) is 0 Å². The number of aromatic hydroxyl groups is 1. The van der Waals surface area contributed by atoms with Crippen LogP contribution in [0.25, 0.3) is 0 Å². The van der Waals surface area contributed by atoms with Crippen LogP contribution in [-0.4, -0.2) is 16.1 Å². The van der Waals surface area contributed by atoms with Crippen LogP contribution in [0.15, 0.2) is 72.8 Å². The lowest BCUT2D eigenvalue weighted by molar-refractivity contribution is -0.124. The van der Waals surface area contributed by atoms with Gasteiger partial charge in [-0.15, -0.1) is 0 Å². The first kappa shape index (κ1) is 25.0. The highest BCUT2D eigenvalue weighted by atomic mass is 19.1. The van der Waals surface area contributed by atoms with Gasteiger partial charge in [-0.3, -0.25) is 4.79 Å². The highest BCUT2D eigenvalue weighted by molar-refractivity contribution is 6.01. The molecule has 4 rings (SSSR count). The lowest BCUT2D eigenvalue weighted by atomic mass is 9.93. The third-order valence-corrected chi connectivity index (χ3v) is 4.97. The van der Waals surface area contributed by atoms with Crippen molar-refractivity contribution in [3.05, 3.63) is 95.6 Å². The zero-order chi connectivity index (χ0) is 23.7. The number of rotatable bonds is 4. The maximum Gasteiger partial charge on any atom is 0.230 e. The molecule has 0 spiro atoms. The van der Waals surface area contributed by atoms with Crippen LogP contribution in [0.4, 0.5) is 14.5 Å². The first-order valence-electron chi connectivity index (χ1n) is 10.7. The fourth-order valence-corrected chi connectivity index (χ4v) is 3.23. The van der Waals surface area contributed by atoms with E-state index >= 15 is 0 Å². The number of amides is 1. The molecule has 1 heterocycles. The van der Waals surface area contributed by atoms with Crippen molar-refractivity contribution in [2.24, 2.45) is 0 Å². The smallest absolute Gasteiger partial charge is 0.230 e. The molecule has 2 atom stereocenters. The Balaban J connectivity index is 0.000000239. The molecule has 0 bridgehead atoms. The number of hydrogen-bond donors (Lipinski definition) is 2. The van der Waals surface area contributed by atoms with Gasteiger partial charge in [0.15, 0.2) is 0 Å². The molecule has 4 nitrogen and oxygen atoms in total. The zero-order valence-corrected chi connectivity index (χ0v) is 18.5. The van der Waals surface area contributed by atoms with E-state index in [2.05, 4.69) is 0 Å². The van der Waals surface area contributed by atoms with Crippen molar-refractivity contribution in [3.63, 3.8) is 0 Å². The molecule has 0 saturated carbocycles. The van der Waals surface area contributed by atoms with Crippen LogP contribution in [0.2, 0.25) is 0 Å². The average Bonchev–Trinajstić information content (AvgIpc) is 2.81. The lowest BCUT2D eigenvalue weighted by Crippen LogP contribution is -2.46. The summed E-state index contributed by atoms with van der Waals surface area (Å²) in [7, 11) is 0. The van der Waals surface area contributed by atoms with Crippen LogP contribution in [0, 0.1) is 11.6 Å². The maximum atomic E-state index is 12.9. The molecule has 1 aliphatic rings. The Morgan fingerprint density at radius 2 is 1.41 bits per heavy atom. The van der Waals surface area contributed by atoms with Gasteiger partial charge in [-0.1, -0.05) is 45.0 Å². The van der Waals surface area contributed by atoms with Crippen molar-refractivity contribution in [1.82, 2.24) is 0 Å². The highest BCUT2D eigenvalue weighted by Gasteiger charge is 2.38. The molecule has 3 aromatic carbocycles. The molecule has 6 heteroatoms. The van der Waals surface area contributed by atoms with Crippen LogP contribution >= 0.6 is 0 Å². The summed E-state index contributed by atoms with van der Waals surface area (Å²) in [5.74, 6) is -0.373. The Labute approximate surface area is 187 Å². The second-order valence-electron chi connectivity index (χ2n) is 7.03. The Kier molecular flexibility index (Phi) is 9.35. The van der Waals surface area contributed by atoms with Crippen molar-refractivity contribution in [2.75, 3.05) is 4.90 Å². The van der Waals surface area contributed by atoms with E-state index in [1.165, 1.54) is 24.3 Å². The Morgan fingerprint density at radius 3 is 1.88 bits per heavy atom. The first-order valence-corrected chi connectivity index (χ1v) is 10.7. The van der Waals surface area contributed by atoms with Crippen molar-refractivity contribution in [2.45, 2.75) is 45.8 Å². The van der Waals surface area contributed by atoms with E-state index in [1.54, 1.807) is 53.4 Å². The number of nitrogens with zero attached hydrogens (tertiary/aromatic N) is 1. The third kappa shape index (κ3) is 6.37. The molecule has 0 aromatic heterocycles. The van der Waals surface area contributed by atoms with Gasteiger partial charge in [0.25, 0.3) is 0 Å². The van der Waals surface area contributed by atoms with Crippen molar-refractivity contribution in [1.29, 1.82) is 0 Å². The van der Waals surface area contributed by atoms with Crippen LogP contribution < -0.4 is 4.90 Å². The van der Waals surface area contributed by atoms with Gasteiger partial charge >= 0.3 is 0 Å². The van der Waals surface area contributed by atoms with Crippen LogP contribution in [0.3, 0.4) is 0 Å². The number of anilines is 1. The summed E-state index contributed by atoms with van der Waals surface area (Å²) < 4.78 is 25.3. The van der Waals surface area contributed by atoms with E-state index in [0.717, 1.165) is 11.1 Å². The van der Waals surface area contributed by atoms with Gasteiger partial charge in [0.1, 0.15) is 17.4 Å². The molecule has 1 aliphatic heterocycles. The normalized spacial score (nSPS) is 15.5. The quantitative estimate of drug-likeness (QED) is 0.467. The topological polar surface area (TPSA) is 60.8 Å². The standard InChI is InChI=1S/C15H12FNO2.C9H11FO.C2H6/c16-11-3-5-12(6-4-11)17-14(9-15(17)19)10-1-7-13(18)8-2-10;1-2-9(11)7-3-5-8(10)6-4-7;1-2/h1-8,14,18H,9H2;3-6,9,11H,2H2,1H3;1-2H3. The van der Waals surface area contributed by atoms with Gasteiger partial charge in [0.05, 0.1) is 18.6 Å². The number of phenolic OH excluding ortho intramolecular Hbond substituents is 1. The number of phenols is 1. The fourth-order valence-electron chi connectivity index (χ4n) is 3.23. The molecule has 2 unspecified atom stereocenters. The van der Waals surface area contributed by atoms with E-state index < -0.39 is 6.10 Å². The molecule has 32 heavy (non-hydrogen) atoms. The van der Waals surface area contributed by atoms with Crippen LogP contribution in [0.1, 0.15) is 56.9 Å². The number of benzene rings is 3. The number of aliphatic hydroxyl groups is 1. The van der Waals surface area contributed by atoms with Gasteiger partial charge in [-0.2, -0.15) is 0 Å². The summed E-state index contributed by atoms with van der Waals surface area (Å²) in [6.45, 7) is 5.88. The Bertz CT molecular complexity index is 973. The second-order valence-corrected chi connectivity index (χ2v) is 7.03.